The number of rotatable bonds is 7. The lowest BCUT2D eigenvalue weighted by Gasteiger charge is -2.16. The molecule has 0 aliphatic carbocycles. The molecule has 1 N–H and O–H groups in total. The van der Waals surface area contributed by atoms with Gasteiger partial charge in [-0.1, -0.05) is 46.3 Å². The van der Waals surface area contributed by atoms with Gasteiger partial charge in [0.15, 0.2) is 6.29 Å². The second-order valence-electron chi connectivity index (χ2n) is 3.64. The van der Waals surface area contributed by atoms with Crippen LogP contribution in [0.2, 0.25) is 0 Å². The van der Waals surface area contributed by atoms with E-state index in [0.717, 1.165) is 5.56 Å². The number of aliphatic hydroxyl groups excluding tert-OH is 1. The van der Waals surface area contributed by atoms with Gasteiger partial charge in [-0.3, -0.25) is 0 Å². The summed E-state index contributed by atoms with van der Waals surface area (Å²) in [4.78, 5) is 0. The smallest absolute Gasteiger partial charge is 0.177 e. The van der Waals surface area contributed by atoms with E-state index >= 15 is 0 Å². The van der Waals surface area contributed by atoms with Crippen LogP contribution < -0.4 is 0 Å². The zero-order chi connectivity index (χ0) is 13.4. The van der Waals surface area contributed by atoms with Gasteiger partial charge in [0.1, 0.15) is 6.10 Å². The van der Waals surface area contributed by atoms with Crippen molar-refractivity contribution in [3.63, 3.8) is 0 Å². The van der Waals surface area contributed by atoms with Crippen molar-refractivity contribution < 1.29 is 14.6 Å². The van der Waals surface area contributed by atoms with Crippen molar-refractivity contribution in [2.24, 2.45) is 0 Å². The van der Waals surface area contributed by atoms with Gasteiger partial charge in [-0.05, 0) is 25.5 Å². The van der Waals surface area contributed by atoms with Crippen LogP contribution >= 0.6 is 15.9 Å². The van der Waals surface area contributed by atoms with Gasteiger partial charge in [0, 0.05) is 17.7 Å². The molecule has 0 aromatic heterocycles. The van der Waals surface area contributed by atoms with Crippen LogP contribution in [0.1, 0.15) is 25.5 Å². The summed E-state index contributed by atoms with van der Waals surface area (Å²) >= 11 is 3.37. The zero-order valence-electron chi connectivity index (χ0n) is 10.7. The largest absolute Gasteiger partial charge is 0.383 e. The summed E-state index contributed by atoms with van der Waals surface area (Å²) in [6, 6.07) is 9.44. The lowest BCUT2D eigenvalue weighted by Crippen LogP contribution is -2.15. The molecule has 1 atom stereocenters. The van der Waals surface area contributed by atoms with Crippen molar-refractivity contribution in [3.8, 4) is 0 Å². The van der Waals surface area contributed by atoms with Crippen molar-refractivity contribution >= 4 is 15.9 Å². The Morgan fingerprint density at radius 1 is 1.22 bits per heavy atom. The summed E-state index contributed by atoms with van der Waals surface area (Å²) in [5, 5.41) is 10.1. The molecular formula is C14H19BrO3. The van der Waals surface area contributed by atoms with E-state index in [-0.39, 0.29) is 0 Å². The quantitative estimate of drug-likeness (QED) is 0.784. The molecule has 0 saturated heterocycles. The number of aliphatic hydroxyl groups is 1. The van der Waals surface area contributed by atoms with E-state index in [9.17, 15) is 5.11 Å². The van der Waals surface area contributed by atoms with Gasteiger partial charge in [-0.25, -0.2) is 0 Å². The van der Waals surface area contributed by atoms with Crippen LogP contribution in [-0.4, -0.2) is 24.6 Å². The molecule has 100 valence electrons. The summed E-state index contributed by atoms with van der Waals surface area (Å²) in [7, 11) is 0. The summed E-state index contributed by atoms with van der Waals surface area (Å²) < 4.78 is 11.4. The highest BCUT2D eigenvalue weighted by atomic mass is 79.9. The second kappa shape index (κ2) is 8.43. The molecule has 1 rings (SSSR count). The van der Waals surface area contributed by atoms with Crippen molar-refractivity contribution in [3.05, 3.63) is 46.5 Å². The van der Waals surface area contributed by atoms with Crippen LogP contribution in [0, 0.1) is 0 Å². The maximum absolute atomic E-state index is 10.1. The topological polar surface area (TPSA) is 38.7 Å². The van der Waals surface area contributed by atoms with E-state index in [1.807, 2.05) is 44.2 Å². The molecule has 0 radical (unpaired) electrons. The molecule has 0 aliphatic heterocycles. The summed E-state index contributed by atoms with van der Waals surface area (Å²) in [5.74, 6) is 0. The fourth-order valence-electron chi connectivity index (χ4n) is 1.49. The first-order chi connectivity index (χ1) is 8.69. The van der Waals surface area contributed by atoms with Crippen LogP contribution in [0.4, 0.5) is 0 Å². The SMILES string of the molecule is CCOC(/C=C(\Br)C(O)c1ccccc1)OCC. The van der Waals surface area contributed by atoms with Crippen molar-refractivity contribution in [1.29, 1.82) is 0 Å². The predicted molar refractivity (Wildman–Crippen MR) is 75.5 cm³/mol. The summed E-state index contributed by atoms with van der Waals surface area (Å²) in [5.41, 5.74) is 0.826. The maximum Gasteiger partial charge on any atom is 0.177 e. The third-order valence-electron chi connectivity index (χ3n) is 2.33. The Balaban J connectivity index is 2.74. The summed E-state index contributed by atoms with van der Waals surface area (Å²) in [6.45, 7) is 4.93. The Kier molecular flexibility index (Phi) is 7.20. The highest BCUT2D eigenvalue weighted by molar-refractivity contribution is 9.11. The molecule has 0 bridgehead atoms. The molecule has 0 amide bonds. The second-order valence-corrected chi connectivity index (χ2v) is 4.56. The van der Waals surface area contributed by atoms with Crippen molar-refractivity contribution in [1.82, 2.24) is 0 Å². The summed E-state index contributed by atoms with van der Waals surface area (Å²) in [6.07, 6.45) is 0.604. The number of hydrogen-bond acceptors (Lipinski definition) is 3. The molecule has 18 heavy (non-hydrogen) atoms. The Labute approximate surface area is 117 Å². The van der Waals surface area contributed by atoms with E-state index in [2.05, 4.69) is 15.9 Å². The predicted octanol–water partition coefficient (Wildman–Crippen LogP) is 3.40. The van der Waals surface area contributed by atoms with E-state index in [0.29, 0.717) is 17.7 Å². The fraction of sp³-hybridized carbons (Fsp3) is 0.429. The lowest BCUT2D eigenvalue weighted by atomic mass is 10.1. The molecule has 0 fully saturated rings. The number of benzene rings is 1. The first-order valence-corrected chi connectivity index (χ1v) is 6.81. The third kappa shape index (κ3) is 4.90. The minimum Gasteiger partial charge on any atom is -0.383 e. The van der Waals surface area contributed by atoms with Crippen molar-refractivity contribution in [2.75, 3.05) is 13.2 Å². The van der Waals surface area contributed by atoms with Gasteiger partial charge < -0.3 is 14.6 Å². The van der Waals surface area contributed by atoms with Gasteiger partial charge in [-0.2, -0.15) is 0 Å². The van der Waals surface area contributed by atoms with Gasteiger partial charge in [0.25, 0.3) is 0 Å². The van der Waals surface area contributed by atoms with Crippen LogP contribution in [0.25, 0.3) is 0 Å². The number of hydrogen-bond donors (Lipinski definition) is 1. The molecule has 1 unspecified atom stereocenters. The average Bonchev–Trinajstić information content (AvgIpc) is 2.39. The molecule has 0 spiro atoms. The number of halogens is 1. The van der Waals surface area contributed by atoms with E-state index in [1.54, 1.807) is 6.08 Å². The minimum absolute atomic E-state index is 0.437. The third-order valence-corrected chi connectivity index (χ3v) is 3.03. The van der Waals surface area contributed by atoms with Gasteiger partial charge in [-0.15, -0.1) is 0 Å². The zero-order valence-corrected chi connectivity index (χ0v) is 12.3. The maximum atomic E-state index is 10.1. The van der Waals surface area contributed by atoms with Crippen molar-refractivity contribution in [2.45, 2.75) is 26.2 Å². The van der Waals surface area contributed by atoms with Gasteiger partial charge >= 0.3 is 0 Å². The van der Waals surface area contributed by atoms with Crippen LogP contribution in [-0.2, 0) is 9.47 Å². The van der Waals surface area contributed by atoms with E-state index in [4.69, 9.17) is 9.47 Å². The molecule has 3 nitrogen and oxygen atoms in total. The standard InChI is InChI=1S/C14H19BrO3/c1-3-17-13(18-4-2)10-12(15)14(16)11-8-6-5-7-9-11/h5-10,13-14,16H,3-4H2,1-2H3/b12-10-. The lowest BCUT2D eigenvalue weighted by molar-refractivity contribution is -0.104. The highest BCUT2D eigenvalue weighted by Gasteiger charge is 2.13. The Morgan fingerprint density at radius 2 is 1.78 bits per heavy atom. The van der Waals surface area contributed by atoms with Crippen LogP contribution in [0.5, 0.6) is 0 Å². The molecule has 0 aliphatic rings. The average molecular weight is 315 g/mol. The Bertz CT molecular complexity index is 359. The monoisotopic (exact) mass is 314 g/mol. The Hall–Kier alpha value is -0.680. The van der Waals surface area contributed by atoms with E-state index < -0.39 is 12.4 Å². The van der Waals surface area contributed by atoms with Crippen LogP contribution in [0.3, 0.4) is 0 Å². The molecular weight excluding hydrogens is 296 g/mol. The molecule has 0 heterocycles. The first-order valence-electron chi connectivity index (χ1n) is 6.02. The molecule has 1 aromatic rings. The van der Waals surface area contributed by atoms with Crippen LogP contribution in [0.15, 0.2) is 40.9 Å². The highest BCUT2D eigenvalue weighted by Crippen LogP contribution is 2.26. The van der Waals surface area contributed by atoms with Gasteiger partial charge in [0.05, 0.1) is 0 Å². The Morgan fingerprint density at radius 3 is 2.28 bits per heavy atom. The van der Waals surface area contributed by atoms with E-state index in [1.165, 1.54) is 0 Å². The molecule has 0 saturated carbocycles. The molecule has 1 aromatic carbocycles. The minimum atomic E-state index is -0.699. The normalized spacial score (nSPS) is 13.9. The van der Waals surface area contributed by atoms with Gasteiger partial charge in [0.2, 0.25) is 0 Å². The fourth-order valence-corrected chi connectivity index (χ4v) is 1.97. The first kappa shape index (κ1) is 15.4. The number of ether oxygens (including phenoxy) is 2. The molecule has 4 heteroatoms.